The molecule has 0 aliphatic heterocycles. The number of nitrogen functional groups attached to an aromatic ring is 1. The van der Waals surface area contributed by atoms with Crippen molar-refractivity contribution < 1.29 is 27.4 Å². The Kier molecular flexibility index (Phi) is 3.50. The standard InChI is InChI=1S/C10H10F3NO3/c1-16-8-5(9(15)17-2)3-4-6(7(8)14)10(11,12)13/h3-4H,14H2,1-2H3. The highest BCUT2D eigenvalue weighted by molar-refractivity contribution is 5.95. The monoisotopic (exact) mass is 249 g/mol. The van der Waals surface area contributed by atoms with E-state index >= 15 is 0 Å². The quantitative estimate of drug-likeness (QED) is 0.644. The van der Waals surface area contributed by atoms with E-state index in [1.54, 1.807) is 0 Å². The molecule has 0 spiro atoms. The van der Waals surface area contributed by atoms with E-state index in [0.717, 1.165) is 20.3 Å². The number of methoxy groups -OCH3 is 2. The fourth-order valence-corrected chi connectivity index (χ4v) is 1.34. The molecule has 17 heavy (non-hydrogen) atoms. The molecule has 0 saturated carbocycles. The Labute approximate surface area is 95.1 Å². The average Bonchev–Trinajstić information content (AvgIpc) is 2.25. The maximum Gasteiger partial charge on any atom is 0.418 e. The van der Waals surface area contributed by atoms with Gasteiger partial charge in [-0.3, -0.25) is 0 Å². The zero-order chi connectivity index (χ0) is 13.2. The summed E-state index contributed by atoms with van der Waals surface area (Å²) in [6.07, 6.45) is -4.61. The molecule has 1 aromatic carbocycles. The number of esters is 1. The molecule has 2 N–H and O–H groups in total. The molecule has 0 heterocycles. The fraction of sp³-hybridized carbons (Fsp3) is 0.300. The molecular formula is C10H10F3NO3. The van der Waals surface area contributed by atoms with Crippen LogP contribution in [0.4, 0.5) is 18.9 Å². The van der Waals surface area contributed by atoms with Crippen LogP contribution in [0.3, 0.4) is 0 Å². The summed E-state index contributed by atoms with van der Waals surface area (Å²) in [6, 6.07) is 1.67. The van der Waals surface area contributed by atoms with Crippen molar-refractivity contribution in [2.75, 3.05) is 20.0 Å². The molecule has 7 heteroatoms. The number of nitrogens with two attached hydrogens (primary N) is 1. The van der Waals surface area contributed by atoms with Crippen LogP contribution in [0.15, 0.2) is 12.1 Å². The number of carbonyl (C=O) groups excluding carboxylic acids is 1. The van der Waals surface area contributed by atoms with Gasteiger partial charge in [0.1, 0.15) is 5.56 Å². The Morgan fingerprint density at radius 2 is 1.88 bits per heavy atom. The Hall–Kier alpha value is -1.92. The van der Waals surface area contributed by atoms with Crippen molar-refractivity contribution in [2.24, 2.45) is 0 Å². The van der Waals surface area contributed by atoms with E-state index in [0.29, 0.717) is 6.07 Å². The molecule has 0 bridgehead atoms. The molecule has 0 fully saturated rings. The first-order valence-electron chi connectivity index (χ1n) is 4.45. The molecule has 0 aromatic heterocycles. The molecule has 0 amide bonds. The normalized spacial score (nSPS) is 11.1. The molecular weight excluding hydrogens is 239 g/mol. The van der Waals surface area contributed by atoms with Gasteiger partial charge in [-0.1, -0.05) is 0 Å². The lowest BCUT2D eigenvalue weighted by Crippen LogP contribution is -2.13. The first-order chi connectivity index (χ1) is 7.82. The van der Waals surface area contributed by atoms with Crippen LogP contribution in [0.25, 0.3) is 0 Å². The number of alkyl halides is 3. The predicted molar refractivity (Wildman–Crippen MR) is 53.7 cm³/mol. The molecule has 0 aliphatic rings. The van der Waals surface area contributed by atoms with Crippen LogP contribution < -0.4 is 10.5 Å². The minimum absolute atomic E-state index is 0.152. The molecule has 4 nitrogen and oxygen atoms in total. The summed E-state index contributed by atoms with van der Waals surface area (Å²) in [5, 5.41) is 0. The van der Waals surface area contributed by atoms with Crippen LogP contribution in [0, 0.1) is 0 Å². The van der Waals surface area contributed by atoms with E-state index < -0.39 is 23.4 Å². The SMILES string of the molecule is COC(=O)c1ccc(C(F)(F)F)c(N)c1OC. The molecule has 1 aromatic rings. The van der Waals surface area contributed by atoms with Gasteiger partial charge in [-0.05, 0) is 12.1 Å². The topological polar surface area (TPSA) is 61.5 Å². The number of hydrogen-bond donors (Lipinski definition) is 1. The van der Waals surface area contributed by atoms with Crippen LogP contribution >= 0.6 is 0 Å². The maximum absolute atomic E-state index is 12.5. The highest BCUT2D eigenvalue weighted by Crippen LogP contribution is 2.39. The van der Waals surface area contributed by atoms with Gasteiger partial charge in [0.2, 0.25) is 0 Å². The first kappa shape index (κ1) is 13.1. The smallest absolute Gasteiger partial charge is 0.418 e. The van der Waals surface area contributed by atoms with Gasteiger partial charge in [0, 0.05) is 0 Å². The third-order valence-corrected chi connectivity index (χ3v) is 2.11. The number of rotatable bonds is 2. The van der Waals surface area contributed by atoms with E-state index in [4.69, 9.17) is 10.5 Å². The van der Waals surface area contributed by atoms with Crippen LogP contribution in [0.1, 0.15) is 15.9 Å². The van der Waals surface area contributed by atoms with E-state index in [-0.39, 0.29) is 11.3 Å². The third kappa shape index (κ3) is 2.43. The average molecular weight is 249 g/mol. The molecule has 94 valence electrons. The van der Waals surface area contributed by atoms with Crippen molar-refractivity contribution in [1.29, 1.82) is 0 Å². The van der Waals surface area contributed by atoms with Gasteiger partial charge in [0.05, 0.1) is 25.5 Å². The van der Waals surface area contributed by atoms with Gasteiger partial charge in [-0.15, -0.1) is 0 Å². The van der Waals surface area contributed by atoms with Crippen LogP contribution in [-0.4, -0.2) is 20.2 Å². The lowest BCUT2D eigenvalue weighted by molar-refractivity contribution is -0.137. The van der Waals surface area contributed by atoms with Gasteiger partial charge in [0.25, 0.3) is 0 Å². The Morgan fingerprint density at radius 1 is 1.29 bits per heavy atom. The highest BCUT2D eigenvalue weighted by Gasteiger charge is 2.35. The Bertz CT molecular complexity index is 443. The van der Waals surface area contributed by atoms with E-state index in [2.05, 4.69) is 4.74 Å². The summed E-state index contributed by atoms with van der Waals surface area (Å²) < 4.78 is 46.7. The number of ether oxygens (including phenoxy) is 2. The van der Waals surface area contributed by atoms with Gasteiger partial charge in [-0.2, -0.15) is 13.2 Å². The number of halogens is 3. The Balaban J connectivity index is 3.43. The van der Waals surface area contributed by atoms with Crippen molar-refractivity contribution in [3.8, 4) is 5.75 Å². The summed E-state index contributed by atoms with van der Waals surface area (Å²) in [6.45, 7) is 0. The Morgan fingerprint density at radius 3 is 2.29 bits per heavy atom. The van der Waals surface area contributed by atoms with Gasteiger partial charge in [-0.25, -0.2) is 4.79 Å². The van der Waals surface area contributed by atoms with Gasteiger partial charge < -0.3 is 15.2 Å². The number of carbonyl (C=O) groups is 1. The second kappa shape index (κ2) is 4.52. The molecule has 0 aliphatic carbocycles. The highest BCUT2D eigenvalue weighted by atomic mass is 19.4. The van der Waals surface area contributed by atoms with Crippen LogP contribution in [0.2, 0.25) is 0 Å². The van der Waals surface area contributed by atoms with Crippen LogP contribution in [0.5, 0.6) is 5.75 Å². The zero-order valence-electron chi connectivity index (χ0n) is 9.09. The lowest BCUT2D eigenvalue weighted by atomic mass is 10.1. The molecule has 0 unspecified atom stereocenters. The van der Waals surface area contributed by atoms with Crippen molar-refractivity contribution in [2.45, 2.75) is 6.18 Å². The molecule has 0 saturated heterocycles. The summed E-state index contributed by atoms with van der Waals surface area (Å²) in [5.74, 6) is -1.16. The third-order valence-electron chi connectivity index (χ3n) is 2.11. The van der Waals surface area contributed by atoms with E-state index in [9.17, 15) is 18.0 Å². The maximum atomic E-state index is 12.5. The number of anilines is 1. The zero-order valence-corrected chi connectivity index (χ0v) is 9.09. The van der Waals surface area contributed by atoms with Gasteiger partial charge in [0.15, 0.2) is 5.75 Å². The van der Waals surface area contributed by atoms with Crippen molar-refractivity contribution in [3.63, 3.8) is 0 Å². The molecule has 0 radical (unpaired) electrons. The van der Waals surface area contributed by atoms with E-state index in [1.807, 2.05) is 0 Å². The second-order valence-corrected chi connectivity index (χ2v) is 3.10. The predicted octanol–water partition coefficient (Wildman–Crippen LogP) is 2.08. The summed E-state index contributed by atoms with van der Waals surface area (Å²) in [5.41, 5.74) is 3.48. The number of hydrogen-bond acceptors (Lipinski definition) is 4. The molecule has 0 atom stereocenters. The fourth-order valence-electron chi connectivity index (χ4n) is 1.34. The van der Waals surface area contributed by atoms with Crippen molar-refractivity contribution in [3.05, 3.63) is 23.3 Å². The van der Waals surface area contributed by atoms with Gasteiger partial charge >= 0.3 is 12.1 Å². The van der Waals surface area contributed by atoms with E-state index in [1.165, 1.54) is 0 Å². The second-order valence-electron chi connectivity index (χ2n) is 3.10. The lowest BCUT2D eigenvalue weighted by Gasteiger charge is -2.15. The minimum atomic E-state index is -4.61. The summed E-state index contributed by atoms with van der Waals surface area (Å²) in [7, 11) is 2.23. The van der Waals surface area contributed by atoms with Crippen LogP contribution in [-0.2, 0) is 10.9 Å². The molecule has 1 rings (SSSR count). The largest absolute Gasteiger partial charge is 0.494 e. The summed E-state index contributed by atoms with van der Waals surface area (Å²) >= 11 is 0. The van der Waals surface area contributed by atoms with Crippen molar-refractivity contribution >= 4 is 11.7 Å². The first-order valence-corrected chi connectivity index (χ1v) is 4.45. The summed E-state index contributed by atoms with van der Waals surface area (Å²) in [4.78, 5) is 11.3. The minimum Gasteiger partial charge on any atom is -0.494 e. The van der Waals surface area contributed by atoms with Crippen molar-refractivity contribution in [1.82, 2.24) is 0 Å². The number of benzene rings is 1.